The van der Waals surface area contributed by atoms with Gasteiger partial charge in [0.2, 0.25) is 5.95 Å². The minimum Gasteiger partial charge on any atom is -0.423 e. The highest BCUT2D eigenvalue weighted by atomic mass is 16.4. The molecule has 0 unspecified atom stereocenters. The first-order valence-electron chi connectivity index (χ1n) is 13.9. The smallest absolute Gasteiger partial charge is 0.310 e. The number of para-hydroxylation sites is 2. The van der Waals surface area contributed by atoms with E-state index in [-0.39, 0.29) is 11.4 Å². The summed E-state index contributed by atoms with van der Waals surface area (Å²) in [5.74, 6) is 1.90. The van der Waals surface area contributed by atoms with E-state index in [1.807, 2.05) is 106 Å². The van der Waals surface area contributed by atoms with Crippen LogP contribution in [0.3, 0.4) is 0 Å². The number of oxazole rings is 1. The molecule has 9 rings (SSSR count). The van der Waals surface area contributed by atoms with Crippen LogP contribution in [-0.4, -0.2) is 28.9 Å². The van der Waals surface area contributed by atoms with Crippen molar-refractivity contribution in [3.8, 4) is 28.7 Å². The van der Waals surface area contributed by atoms with Gasteiger partial charge in [-0.15, -0.1) is 0 Å². The van der Waals surface area contributed by atoms with Crippen molar-refractivity contribution in [3.05, 3.63) is 132 Å². The second-order valence-electron chi connectivity index (χ2n) is 10.4. The van der Waals surface area contributed by atoms with Gasteiger partial charge in [-0.2, -0.15) is 15.0 Å². The molecular formula is C35H20N6O2. The van der Waals surface area contributed by atoms with Crippen LogP contribution >= 0.6 is 0 Å². The second-order valence-corrected chi connectivity index (χ2v) is 10.4. The van der Waals surface area contributed by atoms with Gasteiger partial charge in [-0.1, -0.05) is 91.0 Å². The van der Waals surface area contributed by atoms with Crippen LogP contribution in [0.4, 0.5) is 0 Å². The minimum absolute atomic E-state index is 0.250. The van der Waals surface area contributed by atoms with Gasteiger partial charge < -0.3 is 4.42 Å². The van der Waals surface area contributed by atoms with Crippen molar-refractivity contribution in [2.75, 3.05) is 0 Å². The topological polar surface area (TPSA) is 91.1 Å². The van der Waals surface area contributed by atoms with E-state index in [0.29, 0.717) is 28.6 Å². The fraction of sp³-hybridized carbons (Fsp3) is 0. The van der Waals surface area contributed by atoms with E-state index >= 15 is 0 Å². The molecule has 5 aromatic carbocycles. The van der Waals surface area contributed by atoms with Gasteiger partial charge in [0.15, 0.2) is 17.2 Å². The molecule has 0 fully saturated rings. The quantitative estimate of drug-likeness (QED) is 0.228. The molecule has 0 radical (unpaired) electrons. The molecule has 43 heavy (non-hydrogen) atoms. The van der Waals surface area contributed by atoms with Crippen molar-refractivity contribution < 1.29 is 4.42 Å². The zero-order chi connectivity index (χ0) is 28.5. The van der Waals surface area contributed by atoms with E-state index in [9.17, 15) is 4.79 Å². The number of rotatable bonds is 3. The van der Waals surface area contributed by atoms with Crippen LogP contribution in [0.1, 0.15) is 0 Å². The zero-order valence-electron chi connectivity index (χ0n) is 22.5. The van der Waals surface area contributed by atoms with E-state index in [1.54, 1.807) is 6.07 Å². The first kappa shape index (κ1) is 23.5. The van der Waals surface area contributed by atoms with Gasteiger partial charge in [-0.05, 0) is 24.3 Å². The van der Waals surface area contributed by atoms with Gasteiger partial charge in [0.05, 0.1) is 27.5 Å². The van der Waals surface area contributed by atoms with Crippen LogP contribution in [0.25, 0.3) is 78.4 Å². The van der Waals surface area contributed by atoms with Crippen LogP contribution in [0.5, 0.6) is 0 Å². The summed E-state index contributed by atoms with van der Waals surface area (Å²) in [7, 11) is 0. The van der Waals surface area contributed by atoms with Gasteiger partial charge in [-0.25, -0.2) is 4.98 Å². The maximum atomic E-state index is 12.8. The van der Waals surface area contributed by atoms with Gasteiger partial charge in [0.25, 0.3) is 5.56 Å². The molecule has 9 aromatic rings. The Kier molecular flexibility index (Phi) is 4.89. The summed E-state index contributed by atoms with van der Waals surface area (Å²) < 4.78 is 10.2. The predicted octanol–water partition coefficient (Wildman–Crippen LogP) is 7.21. The molecule has 8 nitrogen and oxygen atoms in total. The summed E-state index contributed by atoms with van der Waals surface area (Å²) in [5.41, 5.74) is 5.45. The average Bonchev–Trinajstić information content (AvgIpc) is 3.59. The fourth-order valence-corrected chi connectivity index (χ4v) is 5.90. The largest absolute Gasteiger partial charge is 0.423 e. The first-order valence-corrected chi connectivity index (χ1v) is 13.9. The molecule has 4 aromatic heterocycles. The Morgan fingerprint density at radius 2 is 1.12 bits per heavy atom. The molecule has 4 heterocycles. The number of nitrogens with zero attached hydrogens (tertiary/aromatic N) is 6. The number of fused-ring (bicyclic) bond motifs is 8. The van der Waals surface area contributed by atoms with Crippen molar-refractivity contribution in [1.82, 2.24) is 28.9 Å². The van der Waals surface area contributed by atoms with E-state index in [4.69, 9.17) is 19.4 Å². The Balaban J connectivity index is 1.39. The molecule has 0 aliphatic carbocycles. The summed E-state index contributed by atoms with van der Waals surface area (Å²) in [5, 5.41) is 2.57. The molecule has 0 saturated carbocycles. The van der Waals surface area contributed by atoms with Crippen molar-refractivity contribution in [2.24, 2.45) is 0 Å². The lowest BCUT2D eigenvalue weighted by atomic mass is 10.1. The number of hydrogen-bond acceptors (Lipinski definition) is 6. The molecule has 0 spiro atoms. The van der Waals surface area contributed by atoms with E-state index < -0.39 is 0 Å². The van der Waals surface area contributed by atoms with E-state index in [0.717, 1.165) is 44.0 Å². The molecule has 0 amide bonds. The van der Waals surface area contributed by atoms with Crippen molar-refractivity contribution in [3.63, 3.8) is 0 Å². The Bertz CT molecular complexity index is 2530. The number of aromatic nitrogens is 6. The van der Waals surface area contributed by atoms with Crippen molar-refractivity contribution in [1.29, 1.82) is 0 Å². The maximum Gasteiger partial charge on any atom is 0.310 e. The van der Waals surface area contributed by atoms with Gasteiger partial charge in [0.1, 0.15) is 0 Å². The molecule has 8 heteroatoms. The lowest BCUT2D eigenvalue weighted by molar-refractivity contribution is 0.637. The third-order valence-electron chi connectivity index (χ3n) is 7.85. The third-order valence-corrected chi connectivity index (χ3v) is 7.85. The van der Waals surface area contributed by atoms with E-state index in [2.05, 4.69) is 23.2 Å². The van der Waals surface area contributed by atoms with Crippen molar-refractivity contribution in [2.45, 2.75) is 0 Å². The lowest BCUT2D eigenvalue weighted by Crippen LogP contribution is -2.08. The SMILES string of the molecule is O=c1nc2oc3cc4c(cc3n2c2ccccc12)c1ccccc1n4-c1nc(-c2ccccc2)nc(-c2ccccc2)n1. The average molecular weight is 557 g/mol. The summed E-state index contributed by atoms with van der Waals surface area (Å²) in [6.45, 7) is 0. The highest BCUT2D eigenvalue weighted by molar-refractivity contribution is 6.13. The van der Waals surface area contributed by atoms with E-state index in [1.165, 1.54) is 0 Å². The first-order chi connectivity index (χ1) is 21.2. The maximum absolute atomic E-state index is 12.8. The lowest BCUT2D eigenvalue weighted by Gasteiger charge is -2.10. The fourth-order valence-electron chi connectivity index (χ4n) is 5.90. The highest BCUT2D eigenvalue weighted by Gasteiger charge is 2.21. The minimum atomic E-state index is -0.318. The molecule has 0 N–H and O–H groups in total. The Morgan fingerprint density at radius 3 is 1.81 bits per heavy atom. The predicted molar refractivity (Wildman–Crippen MR) is 167 cm³/mol. The standard InChI is InChI=1S/C35H20N6O2/c42-33-24-16-8-10-18-27(24)41-29-19-25-23-15-7-9-17-26(23)40(28(25)20-30(29)43-35(41)39-33)34-37-31(21-11-3-1-4-12-21)36-32(38-34)22-13-5-2-6-14-22/h1-20H. The Morgan fingerprint density at radius 1 is 0.512 bits per heavy atom. The zero-order valence-corrected chi connectivity index (χ0v) is 22.5. The highest BCUT2D eigenvalue weighted by Crippen LogP contribution is 2.36. The summed E-state index contributed by atoms with van der Waals surface area (Å²) >= 11 is 0. The summed E-state index contributed by atoms with van der Waals surface area (Å²) in [6.07, 6.45) is 0. The normalized spacial score (nSPS) is 11.8. The molecule has 0 aliphatic rings. The monoisotopic (exact) mass is 556 g/mol. The van der Waals surface area contributed by atoms with Gasteiger partial charge in [-0.3, -0.25) is 13.8 Å². The van der Waals surface area contributed by atoms with Gasteiger partial charge >= 0.3 is 5.84 Å². The van der Waals surface area contributed by atoms with Crippen LogP contribution in [0.2, 0.25) is 0 Å². The summed E-state index contributed by atoms with van der Waals surface area (Å²) in [4.78, 5) is 31.9. The molecule has 0 saturated heterocycles. The Hall–Kier alpha value is -6.15. The molecule has 0 atom stereocenters. The summed E-state index contributed by atoms with van der Waals surface area (Å²) in [6, 6.07) is 39.5. The third kappa shape index (κ3) is 3.53. The van der Waals surface area contributed by atoms with Crippen LogP contribution in [0, 0.1) is 0 Å². The van der Waals surface area contributed by atoms with Crippen LogP contribution < -0.4 is 5.56 Å². The molecule has 0 bridgehead atoms. The van der Waals surface area contributed by atoms with Crippen LogP contribution in [-0.2, 0) is 0 Å². The Labute approximate surface area is 243 Å². The number of hydrogen-bond donors (Lipinski definition) is 0. The van der Waals surface area contributed by atoms with Crippen molar-refractivity contribution >= 4 is 49.7 Å². The number of benzene rings is 5. The van der Waals surface area contributed by atoms with Gasteiger partial charge in [0, 0.05) is 28.0 Å². The molecule has 202 valence electrons. The van der Waals surface area contributed by atoms with Crippen LogP contribution in [0.15, 0.2) is 131 Å². The molecular weight excluding hydrogens is 536 g/mol. The molecule has 0 aliphatic heterocycles. The second kappa shape index (κ2) is 8.92.